The summed E-state index contributed by atoms with van der Waals surface area (Å²) in [4.78, 5) is 0. The van der Waals surface area contributed by atoms with Crippen LogP contribution in [0.4, 0.5) is 0 Å². The van der Waals surface area contributed by atoms with E-state index in [9.17, 15) is 0 Å². The third-order valence-corrected chi connectivity index (χ3v) is 2.83. The lowest BCUT2D eigenvalue weighted by Gasteiger charge is -2.06. The van der Waals surface area contributed by atoms with E-state index in [1.165, 1.54) is 22.3 Å². The molecule has 2 aromatic rings. The smallest absolute Gasteiger partial charge is 0.0178 e. The Kier molecular flexibility index (Phi) is 6.38. The molecule has 0 aliphatic carbocycles. The number of rotatable bonds is 3. The second kappa shape index (κ2) is 8.10. The van der Waals surface area contributed by atoms with Gasteiger partial charge in [0.1, 0.15) is 0 Å². The Bertz CT molecular complexity index is 533. The van der Waals surface area contributed by atoms with Gasteiger partial charge in [0.2, 0.25) is 0 Å². The summed E-state index contributed by atoms with van der Waals surface area (Å²) in [6, 6.07) is 19.0. The van der Waals surface area contributed by atoms with E-state index in [-0.39, 0.29) is 0 Å². The monoisotopic (exact) mass is 250 g/mol. The molecule has 2 aromatic carbocycles. The van der Waals surface area contributed by atoms with E-state index in [2.05, 4.69) is 61.2 Å². The standard InChI is InChI=1S/C17H16.C2H6/c1-3-14(4-2)16-11-8-12-17(13-16)15-9-6-5-7-10-15;1-2/h3-13H,1H2,2H3;1-2H3/b14-4+;. The lowest BCUT2D eigenvalue weighted by Crippen LogP contribution is -1.83. The molecule has 0 aromatic heterocycles. The molecule has 0 saturated heterocycles. The maximum Gasteiger partial charge on any atom is -0.0178 e. The highest BCUT2D eigenvalue weighted by atomic mass is 14.0. The Morgan fingerprint density at radius 2 is 1.53 bits per heavy atom. The Hall–Kier alpha value is -2.08. The molecule has 0 bridgehead atoms. The van der Waals surface area contributed by atoms with Gasteiger partial charge < -0.3 is 0 Å². The van der Waals surface area contributed by atoms with Crippen molar-refractivity contribution >= 4 is 5.57 Å². The van der Waals surface area contributed by atoms with Crippen LogP contribution in [0.2, 0.25) is 0 Å². The molecule has 0 atom stereocenters. The van der Waals surface area contributed by atoms with E-state index in [1.807, 2.05) is 32.9 Å². The van der Waals surface area contributed by atoms with Crippen LogP contribution < -0.4 is 0 Å². The lowest BCUT2D eigenvalue weighted by atomic mass is 9.99. The summed E-state index contributed by atoms with van der Waals surface area (Å²) in [5, 5.41) is 0. The molecule has 0 nitrogen and oxygen atoms in total. The molecule has 0 aliphatic rings. The number of allylic oxidation sites excluding steroid dienone is 3. The first-order valence-corrected chi connectivity index (χ1v) is 6.79. The third kappa shape index (κ3) is 3.96. The molecule has 19 heavy (non-hydrogen) atoms. The van der Waals surface area contributed by atoms with Gasteiger partial charge in [-0.25, -0.2) is 0 Å². The van der Waals surface area contributed by atoms with Gasteiger partial charge in [0.25, 0.3) is 0 Å². The molecule has 0 N–H and O–H groups in total. The average Bonchev–Trinajstić information content (AvgIpc) is 2.52. The van der Waals surface area contributed by atoms with Crippen molar-refractivity contribution in [3.63, 3.8) is 0 Å². The highest BCUT2D eigenvalue weighted by Gasteiger charge is 2.00. The zero-order valence-electron chi connectivity index (χ0n) is 12.1. The Labute approximate surface area is 117 Å². The second-order valence-electron chi connectivity index (χ2n) is 3.89. The molecule has 0 fully saturated rings. The quantitative estimate of drug-likeness (QED) is 0.589. The van der Waals surface area contributed by atoms with Crippen molar-refractivity contribution in [2.45, 2.75) is 20.8 Å². The number of benzene rings is 2. The largest absolute Gasteiger partial charge is 0.0985 e. The van der Waals surface area contributed by atoms with Gasteiger partial charge in [-0.2, -0.15) is 0 Å². The molecule has 0 heterocycles. The van der Waals surface area contributed by atoms with Crippen LogP contribution in [-0.2, 0) is 0 Å². The van der Waals surface area contributed by atoms with Gasteiger partial charge in [0.15, 0.2) is 0 Å². The van der Waals surface area contributed by atoms with Crippen molar-refractivity contribution in [3.8, 4) is 11.1 Å². The zero-order chi connectivity index (χ0) is 14.1. The summed E-state index contributed by atoms with van der Waals surface area (Å²) in [6.45, 7) is 9.88. The first-order valence-electron chi connectivity index (χ1n) is 6.79. The fraction of sp³-hybridized carbons (Fsp3) is 0.158. The average molecular weight is 250 g/mol. The van der Waals surface area contributed by atoms with E-state index >= 15 is 0 Å². The van der Waals surface area contributed by atoms with Gasteiger partial charge in [-0.05, 0) is 35.3 Å². The lowest BCUT2D eigenvalue weighted by molar-refractivity contribution is 1.50. The molecule has 0 aliphatic heterocycles. The second-order valence-corrected chi connectivity index (χ2v) is 3.89. The van der Waals surface area contributed by atoms with E-state index in [1.54, 1.807) is 0 Å². The van der Waals surface area contributed by atoms with Crippen molar-refractivity contribution in [3.05, 3.63) is 78.9 Å². The summed E-state index contributed by atoms with van der Waals surface area (Å²) < 4.78 is 0. The van der Waals surface area contributed by atoms with Gasteiger partial charge in [0.05, 0.1) is 0 Å². The van der Waals surface area contributed by atoms with Crippen LogP contribution in [0.25, 0.3) is 16.7 Å². The van der Waals surface area contributed by atoms with Crippen molar-refractivity contribution < 1.29 is 0 Å². The van der Waals surface area contributed by atoms with Gasteiger partial charge in [-0.3, -0.25) is 0 Å². The van der Waals surface area contributed by atoms with Crippen LogP contribution in [0.15, 0.2) is 73.3 Å². The van der Waals surface area contributed by atoms with Gasteiger partial charge in [-0.15, -0.1) is 0 Å². The van der Waals surface area contributed by atoms with E-state index in [0.29, 0.717) is 0 Å². The first kappa shape index (κ1) is 15.0. The zero-order valence-corrected chi connectivity index (χ0v) is 12.1. The van der Waals surface area contributed by atoms with Crippen molar-refractivity contribution in [2.75, 3.05) is 0 Å². The minimum absolute atomic E-state index is 1.17. The topological polar surface area (TPSA) is 0 Å². The van der Waals surface area contributed by atoms with Gasteiger partial charge in [-0.1, -0.05) is 81.1 Å². The summed E-state index contributed by atoms with van der Waals surface area (Å²) in [6.07, 6.45) is 3.97. The van der Waals surface area contributed by atoms with E-state index in [4.69, 9.17) is 0 Å². The normalized spacial score (nSPS) is 10.4. The molecule has 2 rings (SSSR count). The summed E-state index contributed by atoms with van der Waals surface area (Å²) >= 11 is 0. The predicted octanol–water partition coefficient (Wildman–Crippen LogP) is 5.97. The SMILES string of the molecule is C=C/C(=C\C)c1cccc(-c2ccccc2)c1.CC. The minimum Gasteiger partial charge on any atom is -0.0985 e. The van der Waals surface area contributed by atoms with Gasteiger partial charge in [0, 0.05) is 0 Å². The minimum atomic E-state index is 1.17. The van der Waals surface area contributed by atoms with Crippen LogP contribution in [0.5, 0.6) is 0 Å². The third-order valence-electron chi connectivity index (χ3n) is 2.83. The fourth-order valence-corrected chi connectivity index (χ4v) is 1.91. The maximum atomic E-state index is 3.84. The molecule has 0 spiro atoms. The molecule has 0 amide bonds. The van der Waals surface area contributed by atoms with Crippen LogP contribution in [0, 0.1) is 0 Å². The van der Waals surface area contributed by atoms with Crippen molar-refractivity contribution in [2.24, 2.45) is 0 Å². The molecule has 98 valence electrons. The Balaban J connectivity index is 0.000000861. The highest BCUT2D eigenvalue weighted by Crippen LogP contribution is 2.23. The van der Waals surface area contributed by atoms with Crippen LogP contribution in [0.3, 0.4) is 0 Å². The maximum absolute atomic E-state index is 3.84. The summed E-state index contributed by atoms with van der Waals surface area (Å²) in [7, 11) is 0. The molecular weight excluding hydrogens is 228 g/mol. The number of hydrogen-bond donors (Lipinski definition) is 0. The molecular formula is C19H22. The van der Waals surface area contributed by atoms with Crippen LogP contribution in [-0.4, -0.2) is 0 Å². The number of hydrogen-bond acceptors (Lipinski definition) is 0. The molecule has 0 heteroatoms. The van der Waals surface area contributed by atoms with E-state index < -0.39 is 0 Å². The Morgan fingerprint density at radius 1 is 0.895 bits per heavy atom. The predicted molar refractivity (Wildman–Crippen MR) is 87.1 cm³/mol. The van der Waals surface area contributed by atoms with Gasteiger partial charge >= 0.3 is 0 Å². The Morgan fingerprint density at radius 3 is 2.11 bits per heavy atom. The fourth-order valence-electron chi connectivity index (χ4n) is 1.91. The molecule has 0 unspecified atom stereocenters. The van der Waals surface area contributed by atoms with E-state index in [0.717, 1.165) is 0 Å². The summed E-state index contributed by atoms with van der Waals surface area (Å²) in [5.74, 6) is 0. The first-order chi connectivity index (χ1) is 9.35. The van der Waals surface area contributed by atoms with Crippen LogP contribution >= 0.6 is 0 Å². The molecule has 0 radical (unpaired) electrons. The molecule has 0 saturated carbocycles. The highest BCUT2D eigenvalue weighted by molar-refractivity contribution is 5.77. The van der Waals surface area contributed by atoms with Crippen molar-refractivity contribution in [1.29, 1.82) is 0 Å². The van der Waals surface area contributed by atoms with Crippen molar-refractivity contribution in [1.82, 2.24) is 0 Å². The van der Waals surface area contributed by atoms with Crippen LogP contribution in [0.1, 0.15) is 26.3 Å². The summed E-state index contributed by atoms with van der Waals surface area (Å²) in [5.41, 5.74) is 4.87.